The third-order valence-corrected chi connectivity index (χ3v) is 4.11. The Morgan fingerprint density at radius 1 is 1.33 bits per heavy atom. The van der Waals surface area contributed by atoms with Crippen LogP contribution in [0.1, 0.15) is 65.7 Å². The maximum atomic E-state index is 12.1. The third-order valence-electron chi connectivity index (χ3n) is 4.11. The number of nitrogens with two attached hydrogens (primary N) is 1. The zero-order chi connectivity index (χ0) is 13.6. The van der Waals surface area contributed by atoms with Crippen molar-refractivity contribution >= 4 is 5.78 Å². The zero-order valence-electron chi connectivity index (χ0n) is 12.3. The lowest BCUT2D eigenvalue weighted by Crippen LogP contribution is -2.24. The minimum atomic E-state index is 0.251. The van der Waals surface area contributed by atoms with Crippen LogP contribution < -0.4 is 5.73 Å². The SMILES string of the molecule is CC(C)(C)C(CCN)CCC(=O)C1=CCCCC1. The fourth-order valence-electron chi connectivity index (χ4n) is 2.77. The van der Waals surface area contributed by atoms with Crippen molar-refractivity contribution in [1.82, 2.24) is 0 Å². The van der Waals surface area contributed by atoms with E-state index >= 15 is 0 Å². The van der Waals surface area contributed by atoms with E-state index in [-0.39, 0.29) is 5.41 Å². The summed E-state index contributed by atoms with van der Waals surface area (Å²) in [6.45, 7) is 7.46. The average Bonchev–Trinajstić information content (AvgIpc) is 2.33. The van der Waals surface area contributed by atoms with E-state index < -0.39 is 0 Å². The van der Waals surface area contributed by atoms with Crippen molar-refractivity contribution in [1.29, 1.82) is 0 Å². The summed E-state index contributed by atoms with van der Waals surface area (Å²) in [5, 5.41) is 0. The smallest absolute Gasteiger partial charge is 0.158 e. The number of rotatable bonds is 6. The molecule has 0 aliphatic heterocycles. The molecule has 0 aromatic rings. The van der Waals surface area contributed by atoms with Gasteiger partial charge in [0.05, 0.1) is 0 Å². The first kappa shape index (κ1) is 15.4. The summed E-state index contributed by atoms with van der Waals surface area (Å²) >= 11 is 0. The van der Waals surface area contributed by atoms with Crippen LogP contribution in [0.4, 0.5) is 0 Å². The van der Waals surface area contributed by atoms with Crippen LogP contribution in [0.15, 0.2) is 11.6 Å². The normalized spacial score (nSPS) is 18.3. The van der Waals surface area contributed by atoms with Crippen molar-refractivity contribution in [2.24, 2.45) is 17.1 Å². The summed E-state index contributed by atoms with van der Waals surface area (Å²) in [7, 11) is 0. The standard InChI is InChI=1S/C16H29NO/c1-16(2,3)14(11-12-17)9-10-15(18)13-7-5-4-6-8-13/h7,14H,4-6,8-12,17H2,1-3H3. The molecule has 1 rings (SSSR count). The number of allylic oxidation sites excluding steroid dienone is 2. The van der Waals surface area contributed by atoms with Crippen LogP contribution in [0.25, 0.3) is 0 Å². The Balaban J connectivity index is 2.46. The summed E-state index contributed by atoms with van der Waals surface area (Å²) in [6.07, 6.45) is 9.38. The number of carbonyl (C=O) groups excluding carboxylic acids is 1. The van der Waals surface area contributed by atoms with Gasteiger partial charge < -0.3 is 5.73 Å². The van der Waals surface area contributed by atoms with Gasteiger partial charge in [-0.25, -0.2) is 0 Å². The number of hydrogen-bond donors (Lipinski definition) is 1. The number of hydrogen-bond acceptors (Lipinski definition) is 2. The monoisotopic (exact) mass is 251 g/mol. The maximum absolute atomic E-state index is 12.1. The third kappa shape index (κ3) is 4.93. The molecule has 0 amide bonds. The molecule has 2 N–H and O–H groups in total. The molecule has 104 valence electrons. The summed E-state index contributed by atoms with van der Waals surface area (Å²) in [5.41, 5.74) is 7.01. The summed E-state index contributed by atoms with van der Waals surface area (Å²) in [4.78, 5) is 12.1. The molecule has 2 heteroatoms. The highest BCUT2D eigenvalue weighted by Gasteiger charge is 2.25. The Kier molecular flexibility index (Phi) is 6.07. The summed E-state index contributed by atoms with van der Waals surface area (Å²) < 4.78 is 0. The molecular weight excluding hydrogens is 222 g/mol. The highest BCUT2D eigenvalue weighted by Crippen LogP contribution is 2.33. The van der Waals surface area contributed by atoms with Crippen molar-refractivity contribution in [2.45, 2.75) is 65.7 Å². The molecular formula is C16H29NO. The van der Waals surface area contributed by atoms with Gasteiger partial charge in [-0.1, -0.05) is 26.8 Å². The van der Waals surface area contributed by atoms with E-state index in [9.17, 15) is 4.79 Å². The van der Waals surface area contributed by atoms with Crippen LogP contribution in [0.5, 0.6) is 0 Å². The second-order valence-corrected chi connectivity index (χ2v) is 6.58. The lowest BCUT2D eigenvalue weighted by atomic mass is 9.75. The van der Waals surface area contributed by atoms with Crippen LogP contribution in [-0.4, -0.2) is 12.3 Å². The predicted molar refractivity (Wildman–Crippen MR) is 77.4 cm³/mol. The van der Waals surface area contributed by atoms with E-state index in [0.29, 0.717) is 18.1 Å². The molecule has 0 saturated carbocycles. The first-order chi connectivity index (χ1) is 8.45. The fourth-order valence-corrected chi connectivity index (χ4v) is 2.77. The first-order valence-electron chi connectivity index (χ1n) is 7.37. The highest BCUT2D eigenvalue weighted by molar-refractivity contribution is 5.95. The highest BCUT2D eigenvalue weighted by atomic mass is 16.1. The first-order valence-corrected chi connectivity index (χ1v) is 7.37. The van der Waals surface area contributed by atoms with E-state index in [1.165, 1.54) is 12.8 Å². The lowest BCUT2D eigenvalue weighted by molar-refractivity contribution is -0.116. The second kappa shape index (κ2) is 7.08. The summed E-state index contributed by atoms with van der Waals surface area (Å²) in [5.74, 6) is 0.927. The molecule has 0 aromatic heterocycles. The van der Waals surface area contributed by atoms with E-state index in [4.69, 9.17) is 5.73 Å². The van der Waals surface area contributed by atoms with Gasteiger partial charge >= 0.3 is 0 Å². The van der Waals surface area contributed by atoms with Crippen molar-refractivity contribution in [3.8, 4) is 0 Å². The molecule has 2 nitrogen and oxygen atoms in total. The van der Waals surface area contributed by atoms with Crippen LogP contribution in [-0.2, 0) is 4.79 Å². The number of carbonyl (C=O) groups is 1. The van der Waals surface area contributed by atoms with Gasteiger partial charge in [0, 0.05) is 6.42 Å². The van der Waals surface area contributed by atoms with Crippen molar-refractivity contribution in [3.05, 3.63) is 11.6 Å². The molecule has 0 spiro atoms. The molecule has 0 saturated heterocycles. The molecule has 0 aromatic carbocycles. The fraction of sp³-hybridized carbons (Fsp3) is 0.812. The maximum Gasteiger partial charge on any atom is 0.158 e. The number of ketones is 1. The van der Waals surface area contributed by atoms with Crippen LogP contribution in [0.2, 0.25) is 0 Å². The van der Waals surface area contributed by atoms with Gasteiger partial charge in [0.25, 0.3) is 0 Å². The molecule has 0 heterocycles. The Bertz CT molecular complexity index is 299. The Morgan fingerprint density at radius 3 is 2.56 bits per heavy atom. The zero-order valence-corrected chi connectivity index (χ0v) is 12.3. The molecule has 18 heavy (non-hydrogen) atoms. The Morgan fingerprint density at radius 2 is 2.06 bits per heavy atom. The van der Waals surface area contributed by atoms with E-state index in [1.807, 2.05) is 0 Å². The van der Waals surface area contributed by atoms with Crippen LogP contribution in [0, 0.1) is 11.3 Å². The molecule has 1 atom stereocenters. The molecule has 1 unspecified atom stereocenters. The molecule has 1 aliphatic carbocycles. The average molecular weight is 251 g/mol. The van der Waals surface area contributed by atoms with Crippen molar-refractivity contribution < 1.29 is 4.79 Å². The topological polar surface area (TPSA) is 43.1 Å². The summed E-state index contributed by atoms with van der Waals surface area (Å²) in [6, 6.07) is 0. The van der Waals surface area contributed by atoms with E-state index in [2.05, 4.69) is 26.8 Å². The minimum absolute atomic E-state index is 0.251. The van der Waals surface area contributed by atoms with Gasteiger partial charge in [0.1, 0.15) is 0 Å². The van der Waals surface area contributed by atoms with Crippen molar-refractivity contribution in [2.75, 3.05) is 6.54 Å². The van der Waals surface area contributed by atoms with Gasteiger partial charge in [-0.3, -0.25) is 4.79 Å². The Hall–Kier alpha value is -0.630. The molecule has 0 fully saturated rings. The second-order valence-electron chi connectivity index (χ2n) is 6.58. The lowest BCUT2D eigenvalue weighted by Gasteiger charge is -2.30. The van der Waals surface area contributed by atoms with Gasteiger partial charge in [-0.15, -0.1) is 0 Å². The molecule has 0 bridgehead atoms. The quantitative estimate of drug-likeness (QED) is 0.779. The minimum Gasteiger partial charge on any atom is -0.330 e. The van der Waals surface area contributed by atoms with Gasteiger partial charge in [0.15, 0.2) is 5.78 Å². The number of Topliss-reactive ketones (excluding diaryl/α,β-unsaturated/α-hetero) is 1. The largest absolute Gasteiger partial charge is 0.330 e. The molecule has 0 radical (unpaired) electrons. The predicted octanol–water partition coefficient (Wildman–Crippen LogP) is 3.85. The van der Waals surface area contributed by atoms with E-state index in [0.717, 1.165) is 37.8 Å². The Labute approximate surface area is 112 Å². The van der Waals surface area contributed by atoms with Gasteiger partial charge in [-0.2, -0.15) is 0 Å². The van der Waals surface area contributed by atoms with Gasteiger partial charge in [0.2, 0.25) is 0 Å². The van der Waals surface area contributed by atoms with Crippen LogP contribution in [0.3, 0.4) is 0 Å². The molecule has 1 aliphatic rings. The van der Waals surface area contributed by atoms with E-state index in [1.54, 1.807) is 0 Å². The van der Waals surface area contributed by atoms with Crippen LogP contribution >= 0.6 is 0 Å². The van der Waals surface area contributed by atoms with Gasteiger partial charge in [-0.05, 0) is 62.0 Å². The van der Waals surface area contributed by atoms with Crippen molar-refractivity contribution in [3.63, 3.8) is 0 Å².